The van der Waals surface area contributed by atoms with Crippen molar-refractivity contribution in [3.05, 3.63) is 29.4 Å². The molecule has 1 unspecified atom stereocenters. The van der Waals surface area contributed by atoms with Crippen LogP contribution in [0.2, 0.25) is 0 Å². The van der Waals surface area contributed by atoms with Crippen LogP contribution in [0.3, 0.4) is 0 Å². The van der Waals surface area contributed by atoms with E-state index in [0.717, 1.165) is 29.4 Å². The molecule has 0 bridgehead atoms. The van der Waals surface area contributed by atoms with Gasteiger partial charge in [-0.25, -0.2) is 4.98 Å². The number of aromatic nitrogens is 2. The van der Waals surface area contributed by atoms with E-state index in [9.17, 15) is 0 Å². The maximum atomic E-state index is 5.54. The minimum Gasteiger partial charge on any atom is -0.359 e. The summed E-state index contributed by atoms with van der Waals surface area (Å²) >= 11 is 1.68. The maximum absolute atomic E-state index is 5.54. The molecule has 0 fully saturated rings. The lowest BCUT2D eigenvalue weighted by molar-refractivity contribution is 0.675. The summed E-state index contributed by atoms with van der Waals surface area (Å²) < 4.78 is 0. The lowest BCUT2D eigenvalue weighted by atomic mass is 10.1. The molecular weight excluding hydrogens is 206 g/mol. The summed E-state index contributed by atoms with van der Waals surface area (Å²) in [6.07, 6.45) is 2.91. The van der Waals surface area contributed by atoms with E-state index in [2.05, 4.69) is 22.3 Å². The van der Waals surface area contributed by atoms with Gasteiger partial charge in [-0.15, -0.1) is 11.3 Å². The summed E-state index contributed by atoms with van der Waals surface area (Å²) in [6.45, 7) is 2.89. The minimum atomic E-state index is 0.454. The highest BCUT2D eigenvalue weighted by Gasteiger charge is 2.10. The van der Waals surface area contributed by atoms with Crippen LogP contribution < -0.4 is 5.73 Å². The van der Waals surface area contributed by atoms with Crippen molar-refractivity contribution in [3.63, 3.8) is 0 Å². The smallest absolute Gasteiger partial charge is 0.139 e. The standard InChI is InChI=1S/C11H15N3S/c1-8(4-5-12)10-7-15-11(14-10)9-3-2-6-13-9/h2-3,6-8,13H,4-5,12H2,1H3. The molecule has 0 spiro atoms. The molecule has 2 aromatic rings. The van der Waals surface area contributed by atoms with Gasteiger partial charge >= 0.3 is 0 Å². The third-order valence-electron chi connectivity index (χ3n) is 2.45. The Balaban J connectivity index is 2.17. The Bertz CT molecular complexity index is 405. The molecule has 2 heterocycles. The summed E-state index contributed by atoms with van der Waals surface area (Å²) in [4.78, 5) is 7.76. The van der Waals surface area contributed by atoms with Gasteiger partial charge in [-0.1, -0.05) is 6.92 Å². The molecule has 3 N–H and O–H groups in total. The number of H-pyrrole nitrogens is 1. The number of thiazole rings is 1. The number of nitrogens with two attached hydrogens (primary N) is 1. The number of rotatable bonds is 4. The van der Waals surface area contributed by atoms with Crippen LogP contribution in [0.25, 0.3) is 10.7 Å². The van der Waals surface area contributed by atoms with Crippen LogP contribution in [0.1, 0.15) is 25.0 Å². The van der Waals surface area contributed by atoms with Crippen molar-refractivity contribution >= 4 is 11.3 Å². The minimum absolute atomic E-state index is 0.454. The highest BCUT2D eigenvalue weighted by atomic mass is 32.1. The molecule has 0 radical (unpaired) electrons. The fraction of sp³-hybridized carbons (Fsp3) is 0.364. The molecule has 0 aromatic carbocycles. The van der Waals surface area contributed by atoms with Crippen LogP contribution in [0.15, 0.2) is 23.7 Å². The van der Waals surface area contributed by atoms with Crippen molar-refractivity contribution in [1.82, 2.24) is 9.97 Å². The Labute approximate surface area is 93.4 Å². The van der Waals surface area contributed by atoms with Gasteiger partial charge in [0, 0.05) is 17.5 Å². The Morgan fingerprint density at radius 2 is 2.47 bits per heavy atom. The average Bonchev–Trinajstić information content (AvgIpc) is 2.89. The SMILES string of the molecule is CC(CCN)c1csc(-c2ccc[nH]2)n1. The van der Waals surface area contributed by atoms with Gasteiger partial charge in [0.05, 0.1) is 11.4 Å². The first kappa shape index (κ1) is 10.4. The van der Waals surface area contributed by atoms with E-state index in [1.165, 1.54) is 0 Å². The first-order valence-corrected chi connectivity index (χ1v) is 5.98. The highest BCUT2D eigenvalue weighted by molar-refractivity contribution is 7.13. The fourth-order valence-electron chi connectivity index (χ4n) is 1.50. The zero-order valence-electron chi connectivity index (χ0n) is 8.73. The molecule has 0 aliphatic rings. The van der Waals surface area contributed by atoms with Crippen LogP contribution in [-0.4, -0.2) is 16.5 Å². The van der Waals surface area contributed by atoms with Crippen LogP contribution in [0.5, 0.6) is 0 Å². The molecule has 80 valence electrons. The first-order chi connectivity index (χ1) is 7.31. The summed E-state index contributed by atoms with van der Waals surface area (Å²) in [5, 5.41) is 3.18. The monoisotopic (exact) mass is 221 g/mol. The summed E-state index contributed by atoms with van der Waals surface area (Å²) in [6, 6.07) is 4.02. The predicted octanol–water partition coefficient (Wildman–Crippen LogP) is 2.59. The van der Waals surface area contributed by atoms with E-state index in [1.807, 2.05) is 18.3 Å². The summed E-state index contributed by atoms with van der Waals surface area (Å²) in [5.41, 5.74) is 7.77. The number of nitrogens with one attached hydrogen (secondary N) is 1. The number of hydrogen-bond donors (Lipinski definition) is 2. The highest BCUT2D eigenvalue weighted by Crippen LogP contribution is 2.26. The van der Waals surface area contributed by atoms with Crippen LogP contribution >= 0.6 is 11.3 Å². The van der Waals surface area contributed by atoms with Crippen LogP contribution in [0.4, 0.5) is 0 Å². The zero-order chi connectivity index (χ0) is 10.7. The van der Waals surface area contributed by atoms with E-state index < -0.39 is 0 Å². The van der Waals surface area contributed by atoms with Crippen LogP contribution in [-0.2, 0) is 0 Å². The number of aromatic amines is 1. The Morgan fingerprint density at radius 3 is 3.13 bits per heavy atom. The van der Waals surface area contributed by atoms with Gasteiger partial charge in [-0.2, -0.15) is 0 Å². The molecule has 0 saturated heterocycles. The van der Waals surface area contributed by atoms with E-state index >= 15 is 0 Å². The second kappa shape index (κ2) is 4.59. The van der Waals surface area contributed by atoms with Gasteiger partial charge in [0.15, 0.2) is 0 Å². The topological polar surface area (TPSA) is 54.7 Å². The van der Waals surface area contributed by atoms with Crippen molar-refractivity contribution in [1.29, 1.82) is 0 Å². The van der Waals surface area contributed by atoms with Crippen molar-refractivity contribution in [3.8, 4) is 10.7 Å². The normalized spacial score (nSPS) is 12.9. The molecular formula is C11H15N3S. The molecule has 15 heavy (non-hydrogen) atoms. The van der Waals surface area contributed by atoms with E-state index in [0.29, 0.717) is 5.92 Å². The molecule has 3 nitrogen and oxygen atoms in total. The average molecular weight is 221 g/mol. The van der Waals surface area contributed by atoms with E-state index in [-0.39, 0.29) is 0 Å². The fourth-order valence-corrected chi connectivity index (χ4v) is 2.43. The predicted molar refractivity (Wildman–Crippen MR) is 64.0 cm³/mol. The summed E-state index contributed by atoms with van der Waals surface area (Å²) in [5.74, 6) is 0.454. The Hall–Kier alpha value is -1.13. The largest absolute Gasteiger partial charge is 0.359 e. The van der Waals surface area contributed by atoms with Gasteiger partial charge in [-0.3, -0.25) is 0 Å². The Morgan fingerprint density at radius 1 is 1.60 bits per heavy atom. The third-order valence-corrected chi connectivity index (χ3v) is 3.35. The molecule has 0 aliphatic heterocycles. The molecule has 4 heteroatoms. The van der Waals surface area contributed by atoms with Gasteiger partial charge in [0.1, 0.15) is 5.01 Å². The van der Waals surface area contributed by atoms with Gasteiger partial charge in [-0.05, 0) is 25.1 Å². The first-order valence-electron chi connectivity index (χ1n) is 5.10. The molecule has 0 amide bonds. The lowest BCUT2D eigenvalue weighted by Gasteiger charge is -2.04. The summed E-state index contributed by atoms with van der Waals surface area (Å²) in [7, 11) is 0. The van der Waals surface area contributed by atoms with Crippen molar-refractivity contribution < 1.29 is 0 Å². The van der Waals surface area contributed by atoms with Crippen molar-refractivity contribution in [2.45, 2.75) is 19.3 Å². The second-order valence-corrected chi connectivity index (χ2v) is 4.50. The van der Waals surface area contributed by atoms with Crippen molar-refractivity contribution in [2.75, 3.05) is 6.54 Å². The molecule has 2 rings (SSSR count). The van der Waals surface area contributed by atoms with Gasteiger partial charge < -0.3 is 10.7 Å². The maximum Gasteiger partial charge on any atom is 0.139 e. The molecule has 0 aliphatic carbocycles. The lowest BCUT2D eigenvalue weighted by Crippen LogP contribution is -2.04. The van der Waals surface area contributed by atoms with Crippen LogP contribution in [0, 0.1) is 0 Å². The van der Waals surface area contributed by atoms with Crippen molar-refractivity contribution in [2.24, 2.45) is 5.73 Å². The van der Waals surface area contributed by atoms with Gasteiger partial charge in [0.25, 0.3) is 0 Å². The molecule has 0 saturated carbocycles. The third kappa shape index (κ3) is 2.27. The van der Waals surface area contributed by atoms with Gasteiger partial charge in [0.2, 0.25) is 0 Å². The number of hydrogen-bond acceptors (Lipinski definition) is 3. The Kier molecular flexibility index (Phi) is 3.18. The molecule has 2 aromatic heterocycles. The zero-order valence-corrected chi connectivity index (χ0v) is 9.55. The quantitative estimate of drug-likeness (QED) is 0.833. The number of nitrogens with zero attached hydrogens (tertiary/aromatic N) is 1. The van der Waals surface area contributed by atoms with E-state index in [1.54, 1.807) is 11.3 Å². The van der Waals surface area contributed by atoms with E-state index in [4.69, 9.17) is 5.73 Å². The second-order valence-electron chi connectivity index (χ2n) is 3.64. The molecule has 1 atom stereocenters.